The number of sulfonamides is 1. The number of methoxy groups -OCH3 is 2. The number of amides is 2. The molecule has 0 saturated carbocycles. The maximum atomic E-state index is 13.0. The lowest BCUT2D eigenvalue weighted by molar-refractivity contribution is 0.102. The Kier molecular flexibility index (Phi) is 6.63. The number of nitrogens with one attached hydrogen (secondary N) is 3. The van der Waals surface area contributed by atoms with Gasteiger partial charge in [-0.15, -0.1) is 0 Å². The number of benzene rings is 1. The van der Waals surface area contributed by atoms with Crippen LogP contribution in [-0.2, 0) is 14.8 Å². The minimum absolute atomic E-state index is 0.0196. The van der Waals surface area contributed by atoms with E-state index in [-0.39, 0.29) is 29.7 Å². The molecule has 32 heavy (non-hydrogen) atoms. The number of rotatable bonds is 7. The van der Waals surface area contributed by atoms with Gasteiger partial charge in [-0.1, -0.05) is 18.2 Å². The molecule has 0 unspecified atom stereocenters. The third kappa shape index (κ3) is 4.97. The van der Waals surface area contributed by atoms with Gasteiger partial charge in [-0.05, 0) is 13.0 Å². The normalized spacial score (nSPS) is 11.0. The first kappa shape index (κ1) is 22.6. The van der Waals surface area contributed by atoms with Gasteiger partial charge in [-0.2, -0.15) is 9.97 Å². The van der Waals surface area contributed by atoms with Crippen LogP contribution in [0.5, 0.6) is 17.6 Å². The molecule has 0 saturated heterocycles. The molecule has 0 aliphatic heterocycles. The van der Waals surface area contributed by atoms with Crippen LogP contribution in [0.2, 0.25) is 0 Å². The fraction of sp³-hybridized carbons (Fsp3) is 0.222. The molecule has 3 aromatic rings. The van der Waals surface area contributed by atoms with Crippen LogP contribution in [0.4, 0.5) is 15.5 Å². The highest BCUT2D eigenvalue weighted by molar-refractivity contribution is 7.90. The van der Waals surface area contributed by atoms with E-state index in [2.05, 4.69) is 20.3 Å². The zero-order valence-electron chi connectivity index (χ0n) is 17.2. The van der Waals surface area contributed by atoms with E-state index in [4.69, 9.17) is 18.9 Å². The molecular weight excluding hydrogens is 446 g/mol. The van der Waals surface area contributed by atoms with Crippen molar-refractivity contribution in [1.82, 2.24) is 19.7 Å². The van der Waals surface area contributed by atoms with Gasteiger partial charge >= 0.3 is 12.2 Å². The molecule has 0 aliphatic rings. The fourth-order valence-electron chi connectivity index (χ4n) is 2.63. The molecule has 13 nitrogen and oxygen atoms in total. The Bertz CT molecular complexity index is 1240. The second kappa shape index (κ2) is 9.38. The standard InChI is InChI=1S/C18H19N5O8S/c1-4-30-18(25)31-15-14(10-7-5-6-8-11(10)19-15)32(26,27)23-17(24)22-16-20-12(28-2)9-13(21-16)29-3/h5-9,19H,4H2,1-3H3,(H2,20,21,22,23,24). The maximum absolute atomic E-state index is 13.0. The number of fused-ring (bicyclic) bond motifs is 1. The summed E-state index contributed by atoms with van der Waals surface area (Å²) in [5, 5.41) is 2.37. The zero-order valence-corrected chi connectivity index (χ0v) is 18.0. The summed E-state index contributed by atoms with van der Waals surface area (Å²) in [6, 6.07) is 6.48. The average Bonchev–Trinajstić information content (AvgIpc) is 3.11. The van der Waals surface area contributed by atoms with E-state index in [0.29, 0.717) is 5.52 Å². The summed E-state index contributed by atoms with van der Waals surface area (Å²) in [4.78, 5) is 34.1. The van der Waals surface area contributed by atoms with Crippen molar-refractivity contribution < 1.29 is 37.0 Å². The van der Waals surface area contributed by atoms with E-state index in [1.807, 2.05) is 4.72 Å². The van der Waals surface area contributed by atoms with Crippen molar-refractivity contribution in [3.05, 3.63) is 30.3 Å². The molecule has 2 heterocycles. The van der Waals surface area contributed by atoms with Crippen molar-refractivity contribution in [2.24, 2.45) is 0 Å². The van der Waals surface area contributed by atoms with Crippen LogP contribution in [0.25, 0.3) is 10.9 Å². The highest BCUT2D eigenvalue weighted by Crippen LogP contribution is 2.32. The SMILES string of the molecule is CCOC(=O)Oc1[nH]c2ccccc2c1S(=O)(=O)NC(=O)Nc1nc(OC)cc(OC)n1. The van der Waals surface area contributed by atoms with E-state index in [0.717, 1.165) is 0 Å². The molecule has 2 amide bonds. The molecule has 3 rings (SSSR count). The van der Waals surface area contributed by atoms with Crippen LogP contribution < -0.4 is 24.2 Å². The summed E-state index contributed by atoms with van der Waals surface area (Å²) in [6.07, 6.45) is -1.11. The number of anilines is 1. The molecule has 170 valence electrons. The highest BCUT2D eigenvalue weighted by Gasteiger charge is 2.29. The second-order valence-corrected chi connectivity index (χ2v) is 7.57. The van der Waals surface area contributed by atoms with Crippen molar-refractivity contribution in [3.8, 4) is 17.6 Å². The zero-order chi connectivity index (χ0) is 23.3. The number of urea groups is 1. The summed E-state index contributed by atoms with van der Waals surface area (Å²) in [5.74, 6) is -0.520. The Hall–Kier alpha value is -4.07. The van der Waals surface area contributed by atoms with Gasteiger partial charge in [0.05, 0.1) is 26.9 Å². The van der Waals surface area contributed by atoms with Gasteiger partial charge in [-0.25, -0.2) is 22.7 Å². The highest BCUT2D eigenvalue weighted by atomic mass is 32.2. The number of hydrogen-bond acceptors (Lipinski definition) is 10. The molecule has 0 aliphatic carbocycles. The predicted molar refractivity (Wildman–Crippen MR) is 110 cm³/mol. The maximum Gasteiger partial charge on any atom is 0.515 e. The Morgan fingerprint density at radius 2 is 1.75 bits per heavy atom. The van der Waals surface area contributed by atoms with Crippen LogP contribution in [-0.4, -0.2) is 56.4 Å². The molecule has 3 N–H and O–H groups in total. The number of nitrogens with zero attached hydrogens (tertiary/aromatic N) is 2. The van der Waals surface area contributed by atoms with Crippen LogP contribution in [0.1, 0.15) is 6.92 Å². The minimum Gasteiger partial charge on any atom is -0.481 e. The minimum atomic E-state index is -4.53. The first-order valence-electron chi connectivity index (χ1n) is 9.03. The van der Waals surface area contributed by atoms with Gasteiger partial charge in [-0.3, -0.25) is 5.32 Å². The van der Waals surface area contributed by atoms with E-state index in [1.54, 1.807) is 25.1 Å². The number of carbonyl (C=O) groups is 2. The summed E-state index contributed by atoms with van der Waals surface area (Å²) < 4.78 is 47.5. The molecule has 0 fully saturated rings. The van der Waals surface area contributed by atoms with Crippen LogP contribution in [0.15, 0.2) is 35.2 Å². The van der Waals surface area contributed by atoms with E-state index < -0.39 is 33.0 Å². The lowest BCUT2D eigenvalue weighted by atomic mass is 10.2. The predicted octanol–water partition coefficient (Wildman–Crippen LogP) is 2.02. The number of aromatic nitrogens is 3. The number of H-pyrrole nitrogens is 1. The van der Waals surface area contributed by atoms with Gasteiger partial charge in [0, 0.05) is 10.9 Å². The summed E-state index contributed by atoms with van der Waals surface area (Å²) in [5.41, 5.74) is 0.355. The van der Waals surface area contributed by atoms with Crippen molar-refractivity contribution in [2.45, 2.75) is 11.8 Å². The van der Waals surface area contributed by atoms with Crippen molar-refractivity contribution in [3.63, 3.8) is 0 Å². The Labute approximate surface area is 182 Å². The molecule has 0 bridgehead atoms. The van der Waals surface area contributed by atoms with Gasteiger partial charge in [0.15, 0.2) is 4.90 Å². The molecule has 2 aromatic heterocycles. The third-order valence-corrected chi connectivity index (χ3v) is 5.29. The lowest BCUT2D eigenvalue weighted by Gasteiger charge is -2.10. The second-order valence-electron chi connectivity index (χ2n) is 5.95. The van der Waals surface area contributed by atoms with Gasteiger partial charge in [0.1, 0.15) is 0 Å². The number of aromatic amines is 1. The summed E-state index contributed by atoms with van der Waals surface area (Å²) >= 11 is 0. The molecule has 0 spiro atoms. The lowest BCUT2D eigenvalue weighted by Crippen LogP contribution is -2.35. The van der Waals surface area contributed by atoms with Gasteiger partial charge in [0.2, 0.25) is 23.6 Å². The van der Waals surface area contributed by atoms with Crippen LogP contribution in [0.3, 0.4) is 0 Å². The average molecular weight is 465 g/mol. The number of carbonyl (C=O) groups excluding carboxylic acids is 2. The van der Waals surface area contributed by atoms with E-state index in [1.165, 1.54) is 26.4 Å². The molecule has 1 aromatic carbocycles. The first-order chi connectivity index (χ1) is 15.3. The van der Waals surface area contributed by atoms with Crippen molar-refractivity contribution >= 4 is 39.1 Å². The van der Waals surface area contributed by atoms with E-state index >= 15 is 0 Å². The molecular formula is C18H19N5O8S. The number of ether oxygens (including phenoxy) is 4. The Morgan fingerprint density at radius 1 is 1.09 bits per heavy atom. The topological polar surface area (TPSA) is 171 Å². The molecule has 0 radical (unpaired) electrons. The monoisotopic (exact) mass is 465 g/mol. The van der Waals surface area contributed by atoms with Crippen LogP contribution in [0, 0.1) is 0 Å². The number of hydrogen-bond donors (Lipinski definition) is 3. The largest absolute Gasteiger partial charge is 0.515 e. The van der Waals surface area contributed by atoms with E-state index in [9.17, 15) is 18.0 Å². The summed E-state index contributed by atoms with van der Waals surface area (Å²) in [6.45, 7) is 1.58. The van der Waals surface area contributed by atoms with Crippen molar-refractivity contribution in [1.29, 1.82) is 0 Å². The van der Waals surface area contributed by atoms with Crippen LogP contribution >= 0.6 is 0 Å². The smallest absolute Gasteiger partial charge is 0.481 e. The number of para-hydroxylation sites is 1. The summed E-state index contributed by atoms with van der Waals surface area (Å²) in [7, 11) is -1.84. The first-order valence-corrected chi connectivity index (χ1v) is 10.5. The van der Waals surface area contributed by atoms with Gasteiger partial charge < -0.3 is 23.9 Å². The Morgan fingerprint density at radius 3 is 2.38 bits per heavy atom. The van der Waals surface area contributed by atoms with Crippen molar-refractivity contribution in [2.75, 3.05) is 26.1 Å². The molecule has 0 atom stereocenters. The third-order valence-electron chi connectivity index (χ3n) is 3.89. The quantitative estimate of drug-likeness (QED) is 0.438. The molecule has 14 heteroatoms. The fourth-order valence-corrected chi connectivity index (χ4v) is 3.83. The van der Waals surface area contributed by atoms with Gasteiger partial charge in [0.25, 0.3) is 10.0 Å². The Balaban J connectivity index is 1.91.